The standard InChI is InChI=1S/C64H43N5O/c1-3-17-43(18-4-1)50-27-16-28-51(44-19-5-2-6-20-44)63(50)67-42-66(60-36-32-45-21-7-8-24-52(45)64(60)67)46-22-15-23-48(39-46)70-49-34-35-55-56-40-47(33-37-59(56)69(61(55)41-49)62-31-13-14-38-65-62)68-57-29-11-9-25-53(57)54-26-10-12-30-58(54)68/h1-41H,42H2. The van der Waals surface area contributed by atoms with Gasteiger partial charge in [0.2, 0.25) is 0 Å². The second kappa shape index (κ2) is 16.1. The van der Waals surface area contributed by atoms with Gasteiger partial charge >= 0.3 is 0 Å². The van der Waals surface area contributed by atoms with Gasteiger partial charge in [0.1, 0.15) is 24.0 Å². The number of aromatic nitrogens is 3. The molecule has 1 aliphatic heterocycles. The molecule has 330 valence electrons. The minimum Gasteiger partial charge on any atom is -0.457 e. The first-order valence-corrected chi connectivity index (χ1v) is 23.8. The van der Waals surface area contributed by atoms with Gasteiger partial charge in [-0.1, -0.05) is 158 Å². The van der Waals surface area contributed by atoms with Crippen molar-refractivity contribution in [2.45, 2.75) is 0 Å². The predicted molar refractivity (Wildman–Crippen MR) is 290 cm³/mol. The van der Waals surface area contributed by atoms with E-state index in [0.29, 0.717) is 6.67 Å². The van der Waals surface area contributed by atoms with Crippen molar-refractivity contribution < 1.29 is 4.74 Å². The molecule has 0 amide bonds. The first-order chi connectivity index (χ1) is 34.7. The van der Waals surface area contributed by atoms with Gasteiger partial charge in [-0.2, -0.15) is 0 Å². The number of nitrogens with zero attached hydrogens (tertiary/aromatic N) is 5. The van der Waals surface area contributed by atoms with Crippen molar-refractivity contribution in [2.24, 2.45) is 0 Å². The van der Waals surface area contributed by atoms with Crippen LogP contribution in [-0.4, -0.2) is 20.8 Å². The van der Waals surface area contributed by atoms with Crippen LogP contribution < -0.4 is 14.5 Å². The van der Waals surface area contributed by atoms with E-state index < -0.39 is 0 Å². The SMILES string of the molecule is c1ccc(-c2cccc(-c3ccccc3)c2N2CN(c3cccc(Oc4ccc5c6cc(-n7c8ccccc8c8ccccc87)ccc6n(-c6ccccn6)c5c4)c3)c3ccc4ccccc4c32)cc1. The molecule has 3 aromatic heterocycles. The minimum atomic E-state index is 0.600. The number of rotatable bonds is 8. The fourth-order valence-electron chi connectivity index (χ4n) is 10.9. The number of benzene rings is 10. The van der Waals surface area contributed by atoms with E-state index in [2.05, 4.69) is 243 Å². The van der Waals surface area contributed by atoms with E-state index in [0.717, 1.165) is 56.2 Å². The van der Waals surface area contributed by atoms with Gasteiger partial charge in [-0.05, 0) is 89.3 Å². The van der Waals surface area contributed by atoms with Crippen molar-refractivity contribution >= 4 is 77.1 Å². The number of hydrogen-bond acceptors (Lipinski definition) is 4. The first-order valence-electron chi connectivity index (χ1n) is 23.8. The third-order valence-corrected chi connectivity index (χ3v) is 14.0. The normalized spacial score (nSPS) is 12.5. The molecule has 14 rings (SSSR count). The molecule has 1 aliphatic rings. The lowest BCUT2D eigenvalue weighted by Gasteiger charge is -2.27. The molecule has 6 nitrogen and oxygen atoms in total. The first kappa shape index (κ1) is 39.7. The van der Waals surface area contributed by atoms with E-state index in [1.807, 2.05) is 24.4 Å². The summed E-state index contributed by atoms with van der Waals surface area (Å²) in [5, 5.41) is 7.15. The Labute approximate surface area is 404 Å². The summed E-state index contributed by atoms with van der Waals surface area (Å²) in [4.78, 5) is 9.80. The number of pyridine rings is 1. The lowest BCUT2D eigenvalue weighted by molar-refractivity contribution is 0.483. The lowest BCUT2D eigenvalue weighted by Crippen LogP contribution is -2.25. The van der Waals surface area contributed by atoms with Crippen molar-refractivity contribution in [2.75, 3.05) is 16.5 Å². The van der Waals surface area contributed by atoms with Gasteiger partial charge in [0.05, 0.1) is 39.1 Å². The highest BCUT2D eigenvalue weighted by atomic mass is 16.5. The molecule has 0 unspecified atom stereocenters. The molecule has 0 aliphatic carbocycles. The average molecular weight is 898 g/mol. The smallest absolute Gasteiger partial charge is 0.137 e. The Bertz CT molecular complexity index is 4030. The summed E-state index contributed by atoms with van der Waals surface area (Å²) in [5.41, 5.74) is 14.8. The van der Waals surface area contributed by atoms with Crippen molar-refractivity contribution in [3.63, 3.8) is 0 Å². The second-order valence-corrected chi connectivity index (χ2v) is 18.0. The van der Waals surface area contributed by atoms with Crippen LogP contribution in [-0.2, 0) is 0 Å². The van der Waals surface area contributed by atoms with E-state index in [1.165, 1.54) is 66.2 Å². The largest absolute Gasteiger partial charge is 0.457 e. The van der Waals surface area contributed by atoms with Crippen LogP contribution in [0.3, 0.4) is 0 Å². The molecule has 70 heavy (non-hydrogen) atoms. The van der Waals surface area contributed by atoms with Crippen LogP contribution in [0.4, 0.5) is 22.7 Å². The van der Waals surface area contributed by atoms with Crippen LogP contribution in [0.5, 0.6) is 11.5 Å². The average Bonchev–Trinajstić information content (AvgIpc) is 4.09. The monoisotopic (exact) mass is 897 g/mol. The fraction of sp³-hybridized carbons (Fsp3) is 0.0156. The van der Waals surface area contributed by atoms with Crippen molar-refractivity contribution in [1.82, 2.24) is 14.1 Å². The highest BCUT2D eigenvalue weighted by Gasteiger charge is 2.33. The highest BCUT2D eigenvalue weighted by molar-refractivity contribution is 6.13. The van der Waals surface area contributed by atoms with Gasteiger partial charge in [0.15, 0.2) is 0 Å². The molecular formula is C64H43N5O. The number of ether oxygens (including phenoxy) is 1. The van der Waals surface area contributed by atoms with E-state index in [4.69, 9.17) is 9.72 Å². The summed E-state index contributed by atoms with van der Waals surface area (Å²) in [7, 11) is 0. The third kappa shape index (κ3) is 6.38. The molecule has 0 saturated heterocycles. The van der Waals surface area contributed by atoms with E-state index in [1.54, 1.807) is 0 Å². The van der Waals surface area contributed by atoms with Crippen LogP contribution in [0.1, 0.15) is 0 Å². The van der Waals surface area contributed by atoms with Gasteiger partial charge in [-0.15, -0.1) is 0 Å². The summed E-state index contributed by atoms with van der Waals surface area (Å²) in [5.74, 6) is 2.34. The Morgan fingerprint density at radius 2 is 0.986 bits per heavy atom. The van der Waals surface area contributed by atoms with E-state index in [-0.39, 0.29) is 0 Å². The van der Waals surface area contributed by atoms with Gasteiger partial charge in [-0.25, -0.2) is 4.98 Å². The summed E-state index contributed by atoms with van der Waals surface area (Å²) in [6.07, 6.45) is 1.86. The second-order valence-electron chi connectivity index (χ2n) is 18.0. The van der Waals surface area contributed by atoms with Crippen LogP contribution >= 0.6 is 0 Å². The molecule has 10 aromatic carbocycles. The molecule has 4 heterocycles. The Morgan fingerprint density at radius 1 is 0.357 bits per heavy atom. The van der Waals surface area contributed by atoms with Crippen molar-refractivity contribution in [3.05, 3.63) is 249 Å². The Morgan fingerprint density at radius 3 is 1.71 bits per heavy atom. The van der Waals surface area contributed by atoms with Gasteiger partial charge < -0.3 is 19.1 Å². The lowest BCUT2D eigenvalue weighted by atomic mass is 9.94. The van der Waals surface area contributed by atoms with Crippen LogP contribution in [0, 0.1) is 0 Å². The van der Waals surface area contributed by atoms with Gasteiger partial charge in [0, 0.05) is 67.8 Å². The van der Waals surface area contributed by atoms with Crippen LogP contribution in [0.25, 0.3) is 88.1 Å². The molecule has 0 atom stereocenters. The molecule has 13 aromatic rings. The predicted octanol–water partition coefficient (Wildman–Crippen LogP) is 16.8. The minimum absolute atomic E-state index is 0.600. The Balaban J connectivity index is 0.877. The molecule has 0 saturated carbocycles. The molecule has 0 spiro atoms. The van der Waals surface area contributed by atoms with Gasteiger partial charge in [0.25, 0.3) is 0 Å². The summed E-state index contributed by atoms with van der Waals surface area (Å²) >= 11 is 0. The number of anilines is 4. The maximum atomic E-state index is 6.90. The number of fused-ring (bicyclic) bond motifs is 9. The molecule has 0 bridgehead atoms. The number of para-hydroxylation sites is 3. The van der Waals surface area contributed by atoms with Crippen molar-refractivity contribution in [1.29, 1.82) is 0 Å². The zero-order valence-electron chi connectivity index (χ0n) is 38.0. The topological polar surface area (TPSA) is 38.5 Å². The molecule has 0 N–H and O–H groups in total. The third-order valence-electron chi connectivity index (χ3n) is 14.0. The zero-order chi connectivity index (χ0) is 46.1. The molecule has 0 radical (unpaired) electrons. The Kier molecular flexibility index (Phi) is 9.17. The zero-order valence-corrected chi connectivity index (χ0v) is 38.0. The molecule has 6 heteroatoms. The highest BCUT2D eigenvalue weighted by Crippen LogP contribution is 2.53. The van der Waals surface area contributed by atoms with Crippen LogP contribution in [0.2, 0.25) is 0 Å². The van der Waals surface area contributed by atoms with Crippen molar-refractivity contribution in [3.8, 4) is 45.3 Å². The summed E-state index contributed by atoms with van der Waals surface area (Å²) in [6.45, 7) is 0.600. The van der Waals surface area contributed by atoms with Crippen LogP contribution in [0.15, 0.2) is 249 Å². The number of hydrogen-bond donors (Lipinski definition) is 0. The summed E-state index contributed by atoms with van der Waals surface area (Å²) < 4.78 is 11.5. The van der Waals surface area contributed by atoms with E-state index in [9.17, 15) is 0 Å². The molecule has 0 fully saturated rings. The Hall–Kier alpha value is -9.39. The maximum absolute atomic E-state index is 6.90. The molecular weight excluding hydrogens is 855 g/mol. The summed E-state index contributed by atoms with van der Waals surface area (Å²) in [6, 6.07) is 86.6. The maximum Gasteiger partial charge on any atom is 0.137 e. The van der Waals surface area contributed by atoms with Gasteiger partial charge in [-0.3, -0.25) is 4.57 Å². The fourth-order valence-corrected chi connectivity index (χ4v) is 10.9. The van der Waals surface area contributed by atoms with E-state index >= 15 is 0 Å². The quantitative estimate of drug-likeness (QED) is 0.152.